The molecule has 2 amide bonds. The fourth-order valence-corrected chi connectivity index (χ4v) is 2.93. The molecule has 2 N–H and O–H groups in total. The lowest BCUT2D eigenvalue weighted by atomic mass is 9.95. The molecule has 2 rings (SSSR count). The molecular weight excluding hydrogens is 280 g/mol. The number of nitrogens with one attached hydrogen (secondary N) is 1. The lowest BCUT2D eigenvalue weighted by Gasteiger charge is -2.31. The first-order valence-corrected chi connectivity index (χ1v) is 7.78. The molecule has 120 valence electrons. The average Bonchev–Trinajstić information content (AvgIpc) is 2.50. The second-order valence-electron chi connectivity index (χ2n) is 6.12. The van der Waals surface area contributed by atoms with Gasteiger partial charge in [0.15, 0.2) is 0 Å². The zero-order chi connectivity index (χ0) is 16.3. The van der Waals surface area contributed by atoms with Crippen molar-refractivity contribution < 1.29 is 14.7 Å². The molecule has 0 saturated heterocycles. The minimum atomic E-state index is -1.03. The van der Waals surface area contributed by atoms with E-state index in [0.717, 1.165) is 36.8 Å². The van der Waals surface area contributed by atoms with E-state index < -0.39 is 5.97 Å². The van der Waals surface area contributed by atoms with Gasteiger partial charge in [0, 0.05) is 13.1 Å². The number of carbonyl (C=O) groups excluding carboxylic acids is 1. The first kappa shape index (κ1) is 16.3. The second-order valence-corrected chi connectivity index (χ2v) is 6.12. The van der Waals surface area contributed by atoms with Gasteiger partial charge in [-0.1, -0.05) is 19.3 Å². The highest BCUT2D eigenvalue weighted by molar-refractivity contribution is 6.00. The average molecular weight is 304 g/mol. The minimum absolute atomic E-state index is 0.133. The van der Waals surface area contributed by atoms with Crippen LogP contribution in [0.3, 0.4) is 0 Å². The molecule has 1 aromatic rings. The molecule has 22 heavy (non-hydrogen) atoms. The van der Waals surface area contributed by atoms with Crippen molar-refractivity contribution in [3.63, 3.8) is 0 Å². The topological polar surface area (TPSA) is 69.6 Å². The van der Waals surface area contributed by atoms with Gasteiger partial charge in [-0.05, 0) is 49.9 Å². The quantitative estimate of drug-likeness (QED) is 0.892. The van der Waals surface area contributed by atoms with E-state index in [0.29, 0.717) is 5.69 Å². The van der Waals surface area contributed by atoms with Gasteiger partial charge in [0.2, 0.25) is 0 Å². The number of aryl methyl sites for hydroxylation is 2. The van der Waals surface area contributed by atoms with Gasteiger partial charge in [0.25, 0.3) is 0 Å². The fourth-order valence-electron chi connectivity index (χ4n) is 2.93. The van der Waals surface area contributed by atoms with E-state index in [2.05, 4.69) is 5.32 Å². The Morgan fingerprint density at radius 1 is 1.14 bits per heavy atom. The van der Waals surface area contributed by atoms with E-state index in [1.165, 1.54) is 6.42 Å². The summed E-state index contributed by atoms with van der Waals surface area (Å²) in [6.07, 6.45) is 5.55. The zero-order valence-corrected chi connectivity index (χ0v) is 13.5. The van der Waals surface area contributed by atoms with Crippen LogP contribution in [0.4, 0.5) is 10.5 Å². The molecule has 0 aliphatic heterocycles. The van der Waals surface area contributed by atoms with Crippen LogP contribution < -0.4 is 5.32 Å². The van der Waals surface area contributed by atoms with Gasteiger partial charge in [-0.2, -0.15) is 0 Å². The Balaban J connectivity index is 2.16. The molecule has 5 heteroatoms. The summed E-state index contributed by atoms with van der Waals surface area (Å²) in [6, 6.07) is 3.34. The number of carboxylic acids is 1. The van der Waals surface area contributed by atoms with Crippen molar-refractivity contribution in [1.29, 1.82) is 0 Å². The molecule has 1 saturated carbocycles. The number of anilines is 1. The predicted octanol–water partition coefficient (Wildman–Crippen LogP) is 3.80. The van der Waals surface area contributed by atoms with Gasteiger partial charge < -0.3 is 15.3 Å². The summed E-state index contributed by atoms with van der Waals surface area (Å²) in [5.41, 5.74) is 2.36. The highest BCUT2D eigenvalue weighted by Crippen LogP contribution is 2.24. The van der Waals surface area contributed by atoms with Crippen LogP contribution in [-0.2, 0) is 0 Å². The second kappa shape index (κ2) is 6.81. The van der Waals surface area contributed by atoms with Gasteiger partial charge in [-0.25, -0.2) is 9.59 Å². The SMILES string of the molecule is Cc1cc(NC(=O)N(C)C2CCCCC2)c(C(=O)O)cc1C. The molecule has 1 aromatic carbocycles. The highest BCUT2D eigenvalue weighted by Gasteiger charge is 2.23. The molecule has 0 atom stereocenters. The number of benzene rings is 1. The molecule has 0 aromatic heterocycles. The van der Waals surface area contributed by atoms with Crippen LogP contribution in [0.1, 0.15) is 53.6 Å². The Morgan fingerprint density at radius 3 is 2.32 bits per heavy atom. The highest BCUT2D eigenvalue weighted by atomic mass is 16.4. The Morgan fingerprint density at radius 2 is 1.73 bits per heavy atom. The van der Waals surface area contributed by atoms with Crippen molar-refractivity contribution in [3.05, 3.63) is 28.8 Å². The third-order valence-corrected chi connectivity index (χ3v) is 4.55. The Labute approximate surface area is 131 Å². The number of hydrogen-bond acceptors (Lipinski definition) is 2. The summed E-state index contributed by atoms with van der Waals surface area (Å²) in [7, 11) is 1.78. The van der Waals surface area contributed by atoms with Crippen molar-refractivity contribution in [2.24, 2.45) is 0 Å². The van der Waals surface area contributed by atoms with E-state index in [4.69, 9.17) is 0 Å². The van der Waals surface area contributed by atoms with Crippen molar-refractivity contribution >= 4 is 17.7 Å². The van der Waals surface area contributed by atoms with E-state index in [-0.39, 0.29) is 17.6 Å². The number of hydrogen-bond donors (Lipinski definition) is 2. The summed E-state index contributed by atoms with van der Waals surface area (Å²) in [5, 5.41) is 12.1. The standard InChI is InChI=1S/C17H24N2O3/c1-11-9-14(16(20)21)15(10-12(11)2)18-17(22)19(3)13-7-5-4-6-8-13/h9-10,13H,4-8H2,1-3H3,(H,18,22)(H,20,21). The number of nitrogens with zero attached hydrogens (tertiary/aromatic N) is 1. The lowest BCUT2D eigenvalue weighted by Crippen LogP contribution is -2.41. The van der Waals surface area contributed by atoms with Gasteiger partial charge in [-0.3, -0.25) is 0 Å². The molecule has 1 aliphatic carbocycles. The number of aromatic carboxylic acids is 1. The van der Waals surface area contributed by atoms with Crippen LogP contribution in [0.2, 0.25) is 0 Å². The number of urea groups is 1. The summed E-state index contributed by atoms with van der Waals surface area (Å²) in [5.74, 6) is -1.03. The first-order chi connectivity index (χ1) is 10.4. The Hall–Kier alpha value is -2.04. The normalized spacial score (nSPS) is 15.4. The van der Waals surface area contributed by atoms with Crippen molar-refractivity contribution in [2.75, 3.05) is 12.4 Å². The zero-order valence-electron chi connectivity index (χ0n) is 13.5. The van der Waals surface area contributed by atoms with Crippen LogP contribution in [-0.4, -0.2) is 35.1 Å². The maximum Gasteiger partial charge on any atom is 0.337 e. The number of carboxylic acid groups (broad SMARTS) is 1. The maximum atomic E-state index is 12.4. The molecule has 0 bridgehead atoms. The molecule has 0 spiro atoms. The smallest absolute Gasteiger partial charge is 0.337 e. The molecule has 0 heterocycles. The molecule has 1 fully saturated rings. The number of amides is 2. The van der Waals surface area contributed by atoms with Crippen molar-refractivity contribution in [2.45, 2.75) is 52.0 Å². The van der Waals surface area contributed by atoms with Crippen molar-refractivity contribution in [3.8, 4) is 0 Å². The molecule has 1 aliphatic rings. The van der Waals surface area contributed by atoms with Crippen LogP contribution in [0, 0.1) is 13.8 Å². The van der Waals surface area contributed by atoms with Gasteiger partial charge >= 0.3 is 12.0 Å². The van der Waals surface area contributed by atoms with Crippen LogP contribution in [0.25, 0.3) is 0 Å². The third kappa shape index (κ3) is 3.59. The fraction of sp³-hybridized carbons (Fsp3) is 0.529. The first-order valence-electron chi connectivity index (χ1n) is 7.78. The van der Waals surface area contributed by atoms with E-state index in [1.54, 1.807) is 24.1 Å². The van der Waals surface area contributed by atoms with Crippen LogP contribution >= 0.6 is 0 Å². The monoisotopic (exact) mass is 304 g/mol. The Kier molecular flexibility index (Phi) is 5.06. The molecular formula is C17H24N2O3. The van der Waals surface area contributed by atoms with Crippen LogP contribution in [0.5, 0.6) is 0 Å². The number of carbonyl (C=O) groups is 2. The maximum absolute atomic E-state index is 12.4. The molecule has 0 radical (unpaired) electrons. The third-order valence-electron chi connectivity index (χ3n) is 4.55. The summed E-state index contributed by atoms with van der Waals surface area (Å²) < 4.78 is 0. The van der Waals surface area contributed by atoms with E-state index in [1.807, 2.05) is 13.8 Å². The number of rotatable bonds is 3. The van der Waals surface area contributed by atoms with Crippen LogP contribution in [0.15, 0.2) is 12.1 Å². The van der Waals surface area contributed by atoms with E-state index in [9.17, 15) is 14.7 Å². The largest absolute Gasteiger partial charge is 0.478 e. The summed E-state index contributed by atoms with van der Waals surface area (Å²) in [6.45, 7) is 3.77. The van der Waals surface area contributed by atoms with E-state index >= 15 is 0 Å². The van der Waals surface area contributed by atoms with Gasteiger partial charge in [0.1, 0.15) is 0 Å². The summed E-state index contributed by atoms with van der Waals surface area (Å²) >= 11 is 0. The molecule has 5 nitrogen and oxygen atoms in total. The van der Waals surface area contributed by atoms with Gasteiger partial charge in [-0.15, -0.1) is 0 Å². The minimum Gasteiger partial charge on any atom is -0.478 e. The predicted molar refractivity (Wildman–Crippen MR) is 86.5 cm³/mol. The van der Waals surface area contributed by atoms with Gasteiger partial charge in [0.05, 0.1) is 11.3 Å². The molecule has 0 unspecified atom stereocenters. The Bertz CT molecular complexity index is 578. The lowest BCUT2D eigenvalue weighted by molar-refractivity contribution is 0.0698. The summed E-state index contributed by atoms with van der Waals surface area (Å²) in [4.78, 5) is 25.5. The van der Waals surface area contributed by atoms with Crippen molar-refractivity contribution in [1.82, 2.24) is 4.90 Å².